The monoisotopic (exact) mass is 258 g/mol. The summed E-state index contributed by atoms with van der Waals surface area (Å²) in [4.78, 5) is 16.1. The molecule has 1 saturated carbocycles. The van der Waals surface area contributed by atoms with Gasteiger partial charge in [0.25, 0.3) is 0 Å². The molecule has 1 aromatic carbocycles. The molecular weight excluding hydrogens is 240 g/mol. The van der Waals surface area contributed by atoms with E-state index in [-0.39, 0.29) is 11.7 Å². The van der Waals surface area contributed by atoms with E-state index in [1.807, 2.05) is 28.8 Å². The van der Waals surface area contributed by atoms with Gasteiger partial charge in [-0.3, -0.25) is 4.79 Å². The van der Waals surface area contributed by atoms with E-state index in [1.54, 1.807) is 6.33 Å². The molecule has 19 heavy (non-hydrogen) atoms. The summed E-state index contributed by atoms with van der Waals surface area (Å²) < 4.78 is 1.93. The van der Waals surface area contributed by atoms with Gasteiger partial charge in [0.1, 0.15) is 5.78 Å². The predicted molar refractivity (Wildman–Crippen MR) is 72.7 cm³/mol. The lowest BCUT2D eigenvalue weighted by atomic mass is 9.84. The molecular formula is C15H18N2O2. The van der Waals surface area contributed by atoms with Gasteiger partial charge in [-0.25, -0.2) is 4.98 Å². The van der Waals surface area contributed by atoms with Crippen molar-refractivity contribution < 1.29 is 9.90 Å². The Labute approximate surface area is 112 Å². The van der Waals surface area contributed by atoms with Crippen LogP contribution in [-0.4, -0.2) is 26.5 Å². The van der Waals surface area contributed by atoms with Crippen LogP contribution in [0, 0.1) is 5.92 Å². The highest BCUT2D eigenvalue weighted by atomic mass is 16.3. The Balaban J connectivity index is 1.78. The van der Waals surface area contributed by atoms with Gasteiger partial charge in [-0.1, -0.05) is 18.6 Å². The van der Waals surface area contributed by atoms with E-state index in [0.29, 0.717) is 13.0 Å². The largest absolute Gasteiger partial charge is 0.391 e. The van der Waals surface area contributed by atoms with Gasteiger partial charge in [-0.15, -0.1) is 0 Å². The van der Waals surface area contributed by atoms with E-state index >= 15 is 0 Å². The number of carbonyl (C=O) groups is 1. The highest BCUT2D eigenvalue weighted by Gasteiger charge is 2.29. The summed E-state index contributed by atoms with van der Waals surface area (Å²) in [7, 11) is 0. The summed E-state index contributed by atoms with van der Waals surface area (Å²) in [6.45, 7) is 0.441. The topological polar surface area (TPSA) is 55.1 Å². The fourth-order valence-electron chi connectivity index (χ4n) is 2.90. The third kappa shape index (κ3) is 2.40. The number of aliphatic hydroxyl groups excluding tert-OH is 1. The van der Waals surface area contributed by atoms with E-state index in [2.05, 4.69) is 4.98 Å². The summed E-state index contributed by atoms with van der Waals surface area (Å²) in [5.41, 5.74) is 1.93. The number of hydrogen-bond donors (Lipinski definition) is 1. The molecule has 1 aromatic heterocycles. The third-order valence-corrected chi connectivity index (χ3v) is 3.98. The molecule has 1 fully saturated rings. The summed E-state index contributed by atoms with van der Waals surface area (Å²) in [5, 5.41) is 10.3. The van der Waals surface area contributed by atoms with Crippen LogP contribution >= 0.6 is 0 Å². The first-order valence-electron chi connectivity index (χ1n) is 6.86. The van der Waals surface area contributed by atoms with Gasteiger partial charge in [0.05, 0.1) is 30.0 Å². The molecule has 0 spiro atoms. The minimum Gasteiger partial charge on any atom is -0.391 e. The fourth-order valence-corrected chi connectivity index (χ4v) is 2.90. The Kier molecular flexibility index (Phi) is 3.34. The molecule has 2 atom stereocenters. The first kappa shape index (κ1) is 12.4. The average molecular weight is 258 g/mol. The Morgan fingerprint density at radius 1 is 1.37 bits per heavy atom. The summed E-state index contributed by atoms with van der Waals surface area (Å²) in [5.74, 6) is 0.0121. The zero-order valence-electron chi connectivity index (χ0n) is 10.8. The van der Waals surface area contributed by atoms with E-state index in [4.69, 9.17) is 0 Å². The van der Waals surface area contributed by atoms with Crippen molar-refractivity contribution in [2.45, 2.75) is 38.3 Å². The van der Waals surface area contributed by atoms with Gasteiger partial charge in [-0.2, -0.15) is 0 Å². The number of rotatable bonds is 3. The van der Waals surface area contributed by atoms with E-state index < -0.39 is 6.10 Å². The molecule has 1 aliphatic carbocycles. The van der Waals surface area contributed by atoms with Crippen LogP contribution in [0.4, 0.5) is 0 Å². The molecule has 0 unspecified atom stereocenters. The highest BCUT2D eigenvalue weighted by Crippen LogP contribution is 2.25. The number of aliphatic hydroxyl groups is 1. The van der Waals surface area contributed by atoms with Crippen molar-refractivity contribution in [1.82, 2.24) is 9.55 Å². The number of aromatic nitrogens is 2. The maximum absolute atomic E-state index is 11.8. The molecule has 0 saturated heterocycles. The SMILES string of the molecule is O=C1CCCC[C@H]1[C@@H](O)Cn1cnc2ccccc21. The number of imidazole rings is 1. The number of hydrogen-bond acceptors (Lipinski definition) is 3. The van der Waals surface area contributed by atoms with Gasteiger partial charge >= 0.3 is 0 Å². The Hall–Kier alpha value is -1.68. The first-order valence-corrected chi connectivity index (χ1v) is 6.86. The van der Waals surface area contributed by atoms with Crippen LogP contribution in [0.2, 0.25) is 0 Å². The maximum atomic E-state index is 11.8. The zero-order valence-corrected chi connectivity index (χ0v) is 10.8. The molecule has 4 nitrogen and oxygen atoms in total. The highest BCUT2D eigenvalue weighted by molar-refractivity contribution is 5.82. The van der Waals surface area contributed by atoms with Crippen LogP contribution in [0.25, 0.3) is 11.0 Å². The van der Waals surface area contributed by atoms with Crippen LogP contribution in [0.15, 0.2) is 30.6 Å². The van der Waals surface area contributed by atoms with E-state index in [0.717, 1.165) is 30.3 Å². The second-order valence-electron chi connectivity index (χ2n) is 5.27. The molecule has 1 aliphatic rings. The second-order valence-corrected chi connectivity index (χ2v) is 5.27. The summed E-state index contributed by atoms with van der Waals surface area (Å²) in [6.07, 6.45) is 4.57. The number of Topliss-reactive ketones (excluding diaryl/α,β-unsaturated/α-hetero) is 1. The molecule has 2 aromatic rings. The molecule has 0 amide bonds. The van der Waals surface area contributed by atoms with E-state index in [9.17, 15) is 9.90 Å². The van der Waals surface area contributed by atoms with Gasteiger partial charge in [-0.05, 0) is 25.0 Å². The van der Waals surface area contributed by atoms with E-state index in [1.165, 1.54) is 0 Å². The summed E-state index contributed by atoms with van der Waals surface area (Å²) >= 11 is 0. The van der Waals surface area contributed by atoms with Crippen molar-refractivity contribution in [3.63, 3.8) is 0 Å². The lowest BCUT2D eigenvalue weighted by Gasteiger charge is -2.25. The summed E-state index contributed by atoms with van der Waals surface area (Å²) in [6, 6.07) is 7.83. The van der Waals surface area contributed by atoms with Crippen LogP contribution in [0.5, 0.6) is 0 Å². The smallest absolute Gasteiger partial charge is 0.138 e. The van der Waals surface area contributed by atoms with Crippen LogP contribution in [-0.2, 0) is 11.3 Å². The number of para-hydroxylation sites is 2. The van der Waals surface area contributed by atoms with Crippen molar-refractivity contribution >= 4 is 16.8 Å². The minimum atomic E-state index is -0.606. The van der Waals surface area contributed by atoms with Gasteiger partial charge in [0.2, 0.25) is 0 Å². The maximum Gasteiger partial charge on any atom is 0.138 e. The molecule has 0 aliphatic heterocycles. The Bertz CT molecular complexity index is 591. The van der Waals surface area contributed by atoms with Crippen molar-refractivity contribution in [3.8, 4) is 0 Å². The first-order chi connectivity index (χ1) is 9.25. The van der Waals surface area contributed by atoms with Crippen molar-refractivity contribution in [1.29, 1.82) is 0 Å². The lowest BCUT2D eigenvalue weighted by Crippen LogP contribution is -2.33. The quantitative estimate of drug-likeness (QED) is 0.917. The molecule has 0 bridgehead atoms. The number of benzene rings is 1. The average Bonchev–Trinajstić information content (AvgIpc) is 2.83. The third-order valence-electron chi connectivity index (χ3n) is 3.98. The van der Waals surface area contributed by atoms with Gasteiger partial charge < -0.3 is 9.67 Å². The molecule has 0 radical (unpaired) electrons. The van der Waals surface area contributed by atoms with Gasteiger partial charge in [0, 0.05) is 12.3 Å². The number of fused-ring (bicyclic) bond motifs is 1. The van der Waals surface area contributed by atoms with Crippen LogP contribution in [0.3, 0.4) is 0 Å². The van der Waals surface area contributed by atoms with Crippen LogP contribution in [0.1, 0.15) is 25.7 Å². The van der Waals surface area contributed by atoms with Crippen LogP contribution < -0.4 is 0 Å². The molecule has 100 valence electrons. The minimum absolute atomic E-state index is 0.199. The molecule has 1 N–H and O–H groups in total. The number of ketones is 1. The lowest BCUT2D eigenvalue weighted by molar-refractivity contribution is -0.128. The molecule has 1 heterocycles. The standard InChI is InChI=1S/C15H18N2O2/c18-14-8-4-1-5-11(14)15(19)9-17-10-16-12-6-2-3-7-13(12)17/h2-3,6-7,10-11,15,19H,1,4-5,8-9H2/t11-,15+/m1/s1. The Morgan fingerprint density at radius 3 is 3.05 bits per heavy atom. The number of carbonyl (C=O) groups excluding carboxylic acids is 1. The van der Waals surface area contributed by atoms with Crippen molar-refractivity contribution in [3.05, 3.63) is 30.6 Å². The molecule has 4 heteroatoms. The van der Waals surface area contributed by atoms with Crippen molar-refractivity contribution in [2.24, 2.45) is 5.92 Å². The predicted octanol–water partition coefficient (Wildman–Crippen LogP) is 2.16. The normalized spacial score (nSPS) is 21.7. The molecule has 3 rings (SSSR count). The Morgan fingerprint density at radius 2 is 2.21 bits per heavy atom. The fraction of sp³-hybridized carbons (Fsp3) is 0.467. The van der Waals surface area contributed by atoms with Crippen molar-refractivity contribution in [2.75, 3.05) is 0 Å². The van der Waals surface area contributed by atoms with Gasteiger partial charge in [0.15, 0.2) is 0 Å². The zero-order chi connectivity index (χ0) is 13.2. The number of nitrogens with zero attached hydrogens (tertiary/aromatic N) is 2. The second kappa shape index (κ2) is 5.13.